The number of hydrogen-bond donors (Lipinski definition) is 2. The zero-order chi connectivity index (χ0) is 19.5. The third-order valence-corrected chi connectivity index (χ3v) is 5.57. The number of nitrogens with one attached hydrogen (secondary N) is 1. The van der Waals surface area contributed by atoms with Gasteiger partial charge in [-0.05, 0) is 43.0 Å². The van der Waals surface area contributed by atoms with E-state index >= 15 is 0 Å². The van der Waals surface area contributed by atoms with Crippen molar-refractivity contribution < 1.29 is 14.6 Å². The number of ether oxygens (including phenoxy) is 2. The van der Waals surface area contributed by atoms with Crippen LogP contribution in [0.25, 0.3) is 5.69 Å². The fourth-order valence-corrected chi connectivity index (χ4v) is 3.65. The number of aliphatic hydroxyl groups excluding tert-OH is 1. The highest BCUT2D eigenvalue weighted by Crippen LogP contribution is 2.26. The van der Waals surface area contributed by atoms with E-state index < -0.39 is 0 Å². The second-order valence-electron chi connectivity index (χ2n) is 7.41. The molecule has 7 nitrogen and oxygen atoms in total. The maximum absolute atomic E-state index is 12.6. The van der Waals surface area contributed by atoms with Gasteiger partial charge >= 0.3 is 0 Å². The van der Waals surface area contributed by atoms with Crippen LogP contribution in [-0.2, 0) is 4.74 Å². The van der Waals surface area contributed by atoms with Gasteiger partial charge in [-0.2, -0.15) is 9.78 Å². The second-order valence-corrected chi connectivity index (χ2v) is 7.79. The molecule has 0 radical (unpaired) electrons. The molecular formula is C20H24ClN3O4. The predicted molar refractivity (Wildman–Crippen MR) is 107 cm³/mol. The average Bonchev–Trinajstić information content (AvgIpc) is 2.69. The van der Waals surface area contributed by atoms with Gasteiger partial charge in [0.2, 0.25) is 0 Å². The molecule has 150 valence electrons. The van der Waals surface area contributed by atoms with Crippen LogP contribution in [0.1, 0.15) is 25.7 Å². The summed E-state index contributed by atoms with van der Waals surface area (Å²) < 4.78 is 12.5. The topological polar surface area (TPSA) is 85.6 Å². The molecule has 2 heterocycles. The van der Waals surface area contributed by atoms with E-state index in [0.29, 0.717) is 42.4 Å². The van der Waals surface area contributed by atoms with E-state index in [0.717, 1.165) is 26.1 Å². The molecule has 0 bridgehead atoms. The lowest BCUT2D eigenvalue weighted by molar-refractivity contribution is -0.0107. The highest BCUT2D eigenvalue weighted by atomic mass is 35.5. The number of hydrogen-bond acceptors (Lipinski definition) is 6. The molecule has 1 saturated carbocycles. The van der Waals surface area contributed by atoms with Crippen molar-refractivity contribution in [3.63, 3.8) is 0 Å². The highest BCUT2D eigenvalue weighted by molar-refractivity contribution is 6.32. The van der Waals surface area contributed by atoms with Crippen LogP contribution in [0.5, 0.6) is 5.75 Å². The van der Waals surface area contributed by atoms with Crippen LogP contribution >= 0.6 is 11.6 Å². The quantitative estimate of drug-likeness (QED) is 0.768. The maximum Gasteiger partial charge on any atom is 0.292 e. The Kier molecular flexibility index (Phi) is 5.85. The fourth-order valence-electron chi connectivity index (χ4n) is 3.46. The van der Waals surface area contributed by atoms with Crippen LogP contribution in [0.2, 0.25) is 5.02 Å². The van der Waals surface area contributed by atoms with Gasteiger partial charge in [-0.3, -0.25) is 4.79 Å². The highest BCUT2D eigenvalue weighted by Gasteiger charge is 2.28. The number of halogens is 1. The molecule has 2 fully saturated rings. The lowest BCUT2D eigenvalue weighted by atomic mass is 9.92. The molecule has 2 aromatic rings. The van der Waals surface area contributed by atoms with Gasteiger partial charge < -0.3 is 19.9 Å². The van der Waals surface area contributed by atoms with Crippen molar-refractivity contribution in [3.8, 4) is 11.4 Å². The van der Waals surface area contributed by atoms with Crippen molar-refractivity contribution >= 4 is 17.3 Å². The maximum atomic E-state index is 12.6. The third-order valence-electron chi connectivity index (χ3n) is 5.21. The van der Waals surface area contributed by atoms with E-state index in [2.05, 4.69) is 10.4 Å². The standard InChI is InChI=1S/C20H24ClN3O4/c21-19-18(22-10-13-2-1-7-27-12-13)11-23-24(20(19)26)14-3-5-16(6-4-14)28-17-8-15(25)9-17/h3-6,11,13,15,17,22,25H,1-2,7-10,12H2/t13-,15-,17+/m1/s1. The molecular weight excluding hydrogens is 382 g/mol. The number of nitrogens with zero attached hydrogens (tertiary/aromatic N) is 2. The van der Waals surface area contributed by atoms with E-state index in [1.807, 2.05) is 0 Å². The Morgan fingerprint density at radius 2 is 2.11 bits per heavy atom. The van der Waals surface area contributed by atoms with Gasteiger partial charge in [-0.1, -0.05) is 11.6 Å². The summed E-state index contributed by atoms with van der Waals surface area (Å²) in [5, 5.41) is 16.9. The monoisotopic (exact) mass is 405 g/mol. The molecule has 1 saturated heterocycles. The molecule has 1 aromatic carbocycles. The van der Waals surface area contributed by atoms with Crippen LogP contribution in [0.4, 0.5) is 5.69 Å². The first kappa shape index (κ1) is 19.2. The molecule has 28 heavy (non-hydrogen) atoms. The molecule has 8 heteroatoms. The van der Waals surface area contributed by atoms with Gasteiger partial charge in [0.25, 0.3) is 5.56 Å². The minimum atomic E-state index is -0.373. The number of anilines is 1. The lowest BCUT2D eigenvalue weighted by Crippen LogP contribution is -2.37. The largest absolute Gasteiger partial charge is 0.490 e. The first-order valence-electron chi connectivity index (χ1n) is 9.65. The number of aromatic nitrogens is 2. The van der Waals surface area contributed by atoms with Crippen LogP contribution in [0.3, 0.4) is 0 Å². The summed E-state index contributed by atoms with van der Waals surface area (Å²) in [6, 6.07) is 7.11. The van der Waals surface area contributed by atoms with Crippen LogP contribution in [-0.4, -0.2) is 46.9 Å². The van der Waals surface area contributed by atoms with Crippen LogP contribution < -0.4 is 15.6 Å². The Labute approximate surface area is 168 Å². The van der Waals surface area contributed by atoms with Crippen molar-refractivity contribution in [1.29, 1.82) is 0 Å². The minimum Gasteiger partial charge on any atom is -0.490 e. The van der Waals surface area contributed by atoms with E-state index in [4.69, 9.17) is 21.1 Å². The van der Waals surface area contributed by atoms with Crippen LogP contribution in [0.15, 0.2) is 35.3 Å². The fraction of sp³-hybridized carbons (Fsp3) is 0.500. The van der Waals surface area contributed by atoms with Crippen LogP contribution in [0, 0.1) is 5.92 Å². The number of rotatable bonds is 6. The Morgan fingerprint density at radius 3 is 2.79 bits per heavy atom. The van der Waals surface area contributed by atoms with Gasteiger partial charge in [-0.15, -0.1) is 0 Å². The first-order chi connectivity index (χ1) is 13.6. The number of aliphatic hydroxyl groups is 1. The Morgan fingerprint density at radius 1 is 1.32 bits per heavy atom. The van der Waals surface area contributed by atoms with Crippen molar-refractivity contribution in [3.05, 3.63) is 45.8 Å². The van der Waals surface area contributed by atoms with Crippen molar-refractivity contribution in [1.82, 2.24) is 9.78 Å². The Bertz CT molecular complexity index is 859. The summed E-state index contributed by atoms with van der Waals surface area (Å²) in [5.41, 5.74) is 0.777. The molecule has 1 aliphatic heterocycles. The van der Waals surface area contributed by atoms with Gasteiger partial charge in [0.1, 0.15) is 16.9 Å². The van der Waals surface area contributed by atoms with Crippen molar-refractivity contribution in [2.24, 2.45) is 5.92 Å². The van der Waals surface area contributed by atoms with E-state index in [1.54, 1.807) is 30.5 Å². The van der Waals surface area contributed by atoms with E-state index in [1.165, 1.54) is 4.68 Å². The van der Waals surface area contributed by atoms with Gasteiger partial charge in [0.05, 0.1) is 30.3 Å². The molecule has 2 N–H and O–H groups in total. The number of benzene rings is 1. The minimum absolute atomic E-state index is 0.0519. The summed E-state index contributed by atoms with van der Waals surface area (Å²) in [4.78, 5) is 12.6. The van der Waals surface area contributed by atoms with Gasteiger partial charge in [0, 0.05) is 26.0 Å². The molecule has 1 aliphatic carbocycles. The first-order valence-corrected chi connectivity index (χ1v) is 10.0. The lowest BCUT2D eigenvalue weighted by Gasteiger charge is -2.31. The van der Waals surface area contributed by atoms with Crippen molar-refractivity contribution in [2.75, 3.05) is 25.1 Å². The third kappa shape index (κ3) is 4.32. The average molecular weight is 406 g/mol. The zero-order valence-corrected chi connectivity index (χ0v) is 16.3. The molecule has 1 atom stereocenters. The normalized spacial score (nSPS) is 24.4. The molecule has 0 unspecified atom stereocenters. The SMILES string of the molecule is O=c1c(Cl)c(NC[C@H]2CCCOC2)cnn1-c1ccc(O[C@H]2C[C@@H](O)C2)cc1. The molecule has 1 aromatic heterocycles. The Hall–Kier alpha value is -2.09. The summed E-state index contributed by atoms with van der Waals surface area (Å²) in [6.07, 6.45) is 4.83. The molecule has 0 spiro atoms. The zero-order valence-electron chi connectivity index (χ0n) is 15.5. The van der Waals surface area contributed by atoms with E-state index in [-0.39, 0.29) is 22.8 Å². The van der Waals surface area contributed by atoms with Gasteiger partial charge in [-0.25, -0.2) is 0 Å². The summed E-state index contributed by atoms with van der Waals surface area (Å²) in [6.45, 7) is 2.25. The summed E-state index contributed by atoms with van der Waals surface area (Å²) >= 11 is 6.29. The molecule has 0 amide bonds. The Balaban J connectivity index is 1.43. The smallest absolute Gasteiger partial charge is 0.292 e. The molecule has 2 aliphatic rings. The molecule has 4 rings (SSSR count). The predicted octanol–water partition coefficient (Wildman–Crippen LogP) is 2.63. The summed E-state index contributed by atoms with van der Waals surface area (Å²) in [5.74, 6) is 1.12. The van der Waals surface area contributed by atoms with E-state index in [9.17, 15) is 9.90 Å². The van der Waals surface area contributed by atoms with Gasteiger partial charge in [0.15, 0.2) is 0 Å². The van der Waals surface area contributed by atoms with Crippen molar-refractivity contribution in [2.45, 2.75) is 37.9 Å². The second kappa shape index (κ2) is 8.51. The summed E-state index contributed by atoms with van der Waals surface area (Å²) in [7, 11) is 0.